The van der Waals surface area contributed by atoms with Crippen LogP contribution in [0.2, 0.25) is 0 Å². The van der Waals surface area contributed by atoms with Crippen molar-refractivity contribution in [1.29, 1.82) is 0 Å². The van der Waals surface area contributed by atoms with E-state index in [1.165, 1.54) is 22.3 Å². The molecule has 2 aliphatic carbocycles. The molecule has 0 saturated carbocycles. The average molecular weight is 423 g/mol. The van der Waals surface area contributed by atoms with Crippen molar-refractivity contribution in [2.75, 3.05) is 6.61 Å². The molecule has 4 heteroatoms. The monoisotopic (exact) mass is 422 g/mol. The number of hydrogen-bond donors (Lipinski definition) is 1. The number of phenolic OH excluding ortho intramolecular Hbond substituents is 1. The molecule has 0 saturated heterocycles. The number of ether oxygens (including phenoxy) is 3. The Morgan fingerprint density at radius 3 is 1.87 bits per heavy atom. The van der Waals surface area contributed by atoms with E-state index in [0.29, 0.717) is 12.4 Å². The van der Waals surface area contributed by atoms with Gasteiger partial charge >= 0.3 is 0 Å². The summed E-state index contributed by atoms with van der Waals surface area (Å²) in [5.41, 5.74) is 4.98. The highest BCUT2D eigenvalue weighted by Gasteiger charge is 2.57. The smallest absolute Gasteiger partial charge is 0.162 e. The summed E-state index contributed by atoms with van der Waals surface area (Å²) in [5, 5.41) is 10.6. The van der Waals surface area contributed by atoms with Gasteiger partial charge in [0.25, 0.3) is 0 Å². The van der Waals surface area contributed by atoms with Crippen LogP contribution in [0, 0.1) is 0 Å². The van der Waals surface area contributed by atoms with Crippen molar-refractivity contribution in [2.45, 2.75) is 89.8 Å². The quantitative estimate of drug-likeness (QED) is 0.646. The van der Waals surface area contributed by atoms with Crippen LogP contribution in [0.3, 0.4) is 0 Å². The highest BCUT2D eigenvalue weighted by Crippen LogP contribution is 2.65. The SMILES string of the molecule is CCOc1cc2c(cc1O)C(C)(C)CC21CC(C)(C)c2cc3c(cc21)OC(C)C(C)O3. The van der Waals surface area contributed by atoms with Gasteiger partial charge in [0.15, 0.2) is 23.0 Å². The first-order chi connectivity index (χ1) is 14.5. The molecule has 5 rings (SSSR count). The Bertz CT molecular complexity index is 1070. The third-order valence-electron chi connectivity index (χ3n) is 7.75. The highest BCUT2D eigenvalue weighted by atomic mass is 16.6. The second-order valence-corrected chi connectivity index (χ2v) is 11.0. The van der Waals surface area contributed by atoms with Crippen LogP contribution in [-0.4, -0.2) is 23.9 Å². The number of fused-ring (bicyclic) bond motifs is 5. The Labute approximate surface area is 185 Å². The van der Waals surface area contributed by atoms with E-state index < -0.39 is 0 Å². The number of benzene rings is 2. The maximum Gasteiger partial charge on any atom is 0.162 e. The van der Waals surface area contributed by atoms with Crippen LogP contribution in [-0.2, 0) is 16.2 Å². The maximum absolute atomic E-state index is 10.6. The first-order valence-electron chi connectivity index (χ1n) is 11.5. The van der Waals surface area contributed by atoms with E-state index in [2.05, 4.69) is 59.7 Å². The molecule has 0 aromatic heterocycles. The molecule has 1 spiro atoms. The fourth-order valence-electron chi connectivity index (χ4n) is 6.38. The van der Waals surface area contributed by atoms with Gasteiger partial charge in [-0.25, -0.2) is 0 Å². The standard InChI is InChI=1S/C27H34O4/c1-8-29-22-11-19-17(9-21(22)28)25(4,5)13-27(19)14-26(6,7)18-10-23-24(12-20(18)27)31-16(3)15(2)30-23/h9-12,15-16,28H,8,13-14H2,1-7H3. The van der Waals surface area contributed by atoms with E-state index in [0.717, 1.165) is 24.3 Å². The maximum atomic E-state index is 10.6. The summed E-state index contributed by atoms with van der Waals surface area (Å²) in [5.74, 6) is 2.50. The lowest BCUT2D eigenvalue weighted by Gasteiger charge is -2.33. The first-order valence-corrected chi connectivity index (χ1v) is 11.5. The molecule has 4 nitrogen and oxygen atoms in total. The van der Waals surface area contributed by atoms with Crippen LogP contribution in [0.1, 0.15) is 83.6 Å². The van der Waals surface area contributed by atoms with E-state index in [-0.39, 0.29) is 34.2 Å². The Kier molecular flexibility index (Phi) is 4.20. The van der Waals surface area contributed by atoms with Gasteiger partial charge in [-0.05, 0) is 91.0 Å². The van der Waals surface area contributed by atoms with Crippen molar-refractivity contribution >= 4 is 0 Å². The third kappa shape index (κ3) is 2.79. The molecule has 3 atom stereocenters. The van der Waals surface area contributed by atoms with Crippen molar-refractivity contribution in [2.24, 2.45) is 0 Å². The van der Waals surface area contributed by atoms with Crippen LogP contribution < -0.4 is 14.2 Å². The van der Waals surface area contributed by atoms with Crippen LogP contribution in [0.5, 0.6) is 23.0 Å². The van der Waals surface area contributed by atoms with Gasteiger partial charge in [0.05, 0.1) is 6.61 Å². The molecule has 1 heterocycles. The Morgan fingerprint density at radius 1 is 0.839 bits per heavy atom. The lowest BCUT2D eigenvalue weighted by Crippen LogP contribution is -2.35. The molecule has 1 N–H and O–H groups in total. The summed E-state index contributed by atoms with van der Waals surface area (Å²) in [6, 6.07) is 8.48. The van der Waals surface area contributed by atoms with Gasteiger partial charge in [0.2, 0.25) is 0 Å². The molecule has 0 fully saturated rings. The topological polar surface area (TPSA) is 47.9 Å². The highest BCUT2D eigenvalue weighted by molar-refractivity contribution is 5.65. The summed E-state index contributed by atoms with van der Waals surface area (Å²) < 4.78 is 18.3. The molecule has 3 unspecified atom stereocenters. The van der Waals surface area contributed by atoms with Gasteiger partial charge in [-0.15, -0.1) is 0 Å². The first kappa shape index (κ1) is 20.5. The largest absolute Gasteiger partial charge is 0.504 e. The zero-order chi connectivity index (χ0) is 22.3. The van der Waals surface area contributed by atoms with Crippen LogP contribution in [0.25, 0.3) is 0 Å². The van der Waals surface area contributed by atoms with Gasteiger partial charge in [0, 0.05) is 5.41 Å². The van der Waals surface area contributed by atoms with Crippen LogP contribution in [0.4, 0.5) is 0 Å². The molecule has 0 amide bonds. The molecule has 3 aliphatic rings. The lowest BCUT2D eigenvalue weighted by molar-refractivity contribution is 0.0427. The number of aromatic hydroxyl groups is 1. The minimum Gasteiger partial charge on any atom is -0.504 e. The van der Waals surface area contributed by atoms with E-state index in [1.807, 2.05) is 13.0 Å². The average Bonchev–Trinajstić information content (AvgIpc) is 3.01. The van der Waals surface area contributed by atoms with E-state index in [9.17, 15) is 5.11 Å². The minimum atomic E-state index is -0.137. The zero-order valence-corrected chi connectivity index (χ0v) is 19.8. The number of phenols is 1. The van der Waals surface area contributed by atoms with E-state index >= 15 is 0 Å². The van der Waals surface area contributed by atoms with Crippen LogP contribution in [0.15, 0.2) is 24.3 Å². The Hall–Kier alpha value is -2.36. The fraction of sp³-hybridized carbons (Fsp3) is 0.556. The second kappa shape index (κ2) is 6.34. The Balaban J connectivity index is 1.75. The van der Waals surface area contributed by atoms with Crippen molar-refractivity contribution < 1.29 is 19.3 Å². The van der Waals surface area contributed by atoms with Crippen molar-refractivity contribution in [3.05, 3.63) is 46.5 Å². The zero-order valence-electron chi connectivity index (χ0n) is 19.8. The molecular formula is C27H34O4. The minimum absolute atomic E-state index is 0.00137. The van der Waals surface area contributed by atoms with Gasteiger partial charge < -0.3 is 19.3 Å². The molecular weight excluding hydrogens is 388 g/mol. The normalized spacial score (nSPS) is 29.0. The summed E-state index contributed by atoms with van der Waals surface area (Å²) >= 11 is 0. The molecule has 2 aromatic carbocycles. The number of hydrogen-bond acceptors (Lipinski definition) is 4. The van der Waals surface area contributed by atoms with E-state index in [1.54, 1.807) is 0 Å². The van der Waals surface area contributed by atoms with Gasteiger partial charge in [0.1, 0.15) is 12.2 Å². The molecule has 2 aromatic rings. The molecule has 0 bridgehead atoms. The van der Waals surface area contributed by atoms with Crippen molar-refractivity contribution in [1.82, 2.24) is 0 Å². The summed E-state index contributed by atoms with van der Waals surface area (Å²) in [6.07, 6.45) is 2.05. The lowest BCUT2D eigenvalue weighted by atomic mass is 9.72. The number of rotatable bonds is 2. The molecule has 31 heavy (non-hydrogen) atoms. The fourth-order valence-corrected chi connectivity index (χ4v) is 6.38. The molecule has 166 valence electrons. The predicted octanol–water partition coefficient (Wildman–Crippen LogP) is 5.99. The summed E-state index contributed by atoms with van der Waals surface area (Å²) in [7, 11) is 0. The van der Waals surface area contributed by atoms with Gasteiger partial charge in [-0.3, -0.25) is 0 Å². The summed E-state index contributed by atoms with van der Waals surface area (Å²) in [4.78, 5) is 0. The van der Waals surface area contributed by atoms with Gasteiger partial charge in [-0.2, -0.15) is 0 Å². The Morgan fingerprint density at radius 2 is 1.32 bits per heavy atom. The molecule has 1 aliphatic heterocycles. The van der Waals surface area contributed by atoms with E-state index in [4.69, 9.17) is 14.2 Å². The van der Waals surface area contributed by atoms with Crippen molar-refractivity contribution in [3.63, 3.8) is 0 Å². The molecule has 0 radical (unpaired) electrons. The van der Waals surface area contributed by atoms with Gasteiger partial charge in [-0.1, -0.05) is 27.7 Å². The van der Waals surface area contributed by atoms with Crippen LogP contribution >= 0.6 is 0 Å². The second-order valence-electron chi connectivity index (χ2n) is 11.0. The van der Waals surface area contributed by atoms with Crippen molar-refractivity contribution in [3.8, 4) is 23.0 Å². The third-order valence-corrected chi connectivity index (χ3v) is 7.75. The summed E-state index contributed by atoms with van der Waals surface area (Å²) in [6.45, 7) is 15.8. The predicted molar refractivity (Wildman–Crippen MR) is 122 cm³/mol.